The van der Waals surface area contributed by atoms with Crippen molar-refractivity contribution in [1.29, 1.82) is 0 Å². The standard InChI is InChI=1S/C24H16BrNO/c25-17-10-6-9-16(13-17)21-14-20(15-7-2-1-3-8-15)22-23(26-21)18-11-4-5-12-19(18)24(22)27/h1-14,24,27H. The summed E-state index contributed by atoms with van der Waals surface area (Å²) in [6, 6.07) is 28.4. The van der Waals surface area contributed by atoms with Gasteiger partial charge in [-0.2, -0.15) is 0 Å². The molecule has 0 saturated heterocycles. The van der Waals surface area contributed by atoms with Crippen LogP contribution in [0.15, 0.2) is 89.4 Å². The monoisotopic (exact) mass is 413 g/mol. The Morgan fingerprint density at radius 3 is 2.30 bits per heavy atom. The van der Waals surface area contributed by atoms with Gasteiger partial charge in [-0.25, -0.2) is 4.98 Å². The van der Waals surface area contributed by atoms with E-state index in [1.807, 2.05) is 54.6 Å². The average Bonchev–Trinajstić information content (AvgIpc) is 3.01. The molecule has 1 aliphatic rings. The fraction of sp³-hybridized carbons (Fsp3) is 0.0417. The number of fused-ring (bicyclic) bond motifs is 3. The molecule has 1 aliphatic carbocycles. The second-order valence-corrected chi connectivity index (χ2v) is 7.60. The largest absolute Gasteiger partial charge is 0.384 e. The molecule has 130 valence electrons. The molecule has 0 radical (unpaired) electrons. The van der Waals surface area contributed by atoms with Gasteiger partial charge in [-0.05, 0) is 34.9 Å². The maximum absolute atomic E-state index is 11.0. The normalized spacial score (nSPS) is 14.7. The van der Waals surface area contributed by atoms with Gasteiger partial charge in [0.15, 0.2) is 0 Å². The Bertz CT molecular complexity index is 1150. The molecule has 0 saturated carbocycles. The summed E-state index contributed by atoms with van der Waals surface area (Å²) in [5.74, 6) is 0. The van der Waals surface area contributed by atoms with E-state index in [1.54, 1.807) is 0 Å². The van der Waals surface area contributed by atoms with Gasteiger partial charge in [-0.15, -0.1) is 0 Å². The highest BCUT2D eigenvalue weighted by Crippen LogP contribution is 2.47. The molecule has 0 aliphatic heterocycles. The molecular formula is C24H16BrNO. The van der Waals surface area contributed by atoms with Gasteiger partial charge in [0.1, 0.15) is 6.10 Å². The molecule has 2 nitrogen and oxygen atoms in total. The fourth-order valence-electron chi connectivity index (χ4n) is 3.80. The van der Waals surface area contributed by atoms with Gasteiger partial charge in [-0.1, -0.05) is 82.7 Å². The van der Waals surface area contributed by atoms with Crippen molar-refractivity contribution in [2.75, 3.05) is 0 Å². The first-order chi connectivity index (χ1) is 13.2. The zero-order valence-electron chi connectivity index (χ0n) is 14.4. The molecule has 4 aromatic rings. The SMILES string of the molecule is OC1c2ccccc2-c2nc(-c3cccc(Br)c3)cc(-c3ccccc3)c21. The fourth-order valence-corrected chi connectivity index (χ4v) is 4.20. The van der Waals surface area contributed by atoms with E-state index >= 15 is 0 Å². The first-order valence-corrected chi connectivity index (χ1v) is 9.65. The first kappa shape index (κ1) is 16.4. The lowest BCUT2D eigenvalue weighted by molar-refractivity contribution is 0.225. The first-order valence-electron chi connectivity index (χ1n) is 8.86. The molecule has 1 aromatic heterocycles. The summed E-state index contributed by atoms with van der Waals surface area (Å²) in [5, 5.41) is 11.0. The molecule has 5 rings (SSSR count). The van der Waals surface area contributed by atoms with Crippen molar-refractivity contribution in [2.24, 2.45) is 0 Å². The van der Waals surface area contributed by atoms with Gasteiger partial charge in [0.2, 0.25) is 0 Å². The summed E-state index contributed by atoms with van der Waals surface area (Å²) >= 11 is 3.55. The van der Waals surface area contributed by atoms with Gasteiger partial charge in [-0.3, -0.25) is 0 Å². The molecule has 3 aromatic carbocycles. The molecule has 0 amide bonds. The predicted molar refractivity (Wildman–Crippen MR) is 112 cm³/mol. The lowest BCUT2D eigenvalue weighted by Gasteiger charge is -2.14. The number of halogens is 1. The number of hydrogen-bond acceptors (Lipinski definition) is 2. The quantitative estimate of drug-likeness (QED) is 0.421. The summed E-state index contributed by atoms with van der Waals surface area (Å²) < 4.78 is 1.02. The van der Waals surface area contributed by atoms with Crippen molar-refractivity contribution >= 4 is 15.9 Å². The van der Waals surface area contributed by atoms with Gasteiger partial charge < -0.3 is 5.11 Å². The van der Waals surface area contributed by atoms with Crippen molar-refractivity contribution in [1.82, 2.24) is 4.98 Å². The van der Waals surface area contributed by atoms with Crippen LogP contribution in [0.5, 0.6) is 0 Å². The Hall–Kier alpha value is -2.75. The van der Waals surface area contributed by atoms with Crippen LogP contribution in [0.2, 0.25) is 0 Å². The second kappa shape index (κ2) is 6.45. The molecule has 1 atom stereocenters. The van der Waals surface area contributed by atoms with E-state index in [0.29, 0.717) is 0 Å². The summed E-state index contributed by atoms with van der Waals surface area (Å²) in [5.41, 5.74) is 7.74. The maximum atomic E-state index is 11.0. The van der Waals surface area contributed by atoms with Crippen LogP contribution in [0.25, 0.3) is 33.6 Å². The molecule has 3 heteroatoms. The number of hydrogen-bond donors (Lipinski definition) is 1. The smallest absolute Gasteiger partial charge is 0.107 e. The molecular weight excluding hydrogens is 398 g/mol. The van der Waals surface area contributed by atoms with Crippen molar-refractivity contribution < 1.29 is 5.11 Å². The number of benzene rings is 3. The van der Waals surface area contributed by atoms with Crippen molar-refractivity contribution in [2.45, 2.75) is 6.10 Å². The van der Waals surface area contributed by atoms with Crippen LogP contribution in [0, 0.1) is 0 Å². The summed E-state index contributed by atoms with van der Waals surface area (Å²) in [7, 11) is 0. The molecule has 27 heavy (non-hydrogen) atoms. The van der Waals surface area contributed by atoms with Crippen LogP contribution in [0.4, 0.5) is 0 Å². The van der Waals surface area contributed by atoms with Gasteiger partial charge in [0.25, 0.3) is 0 Å². The highest BCUT2D eigenvalue weighted by Gasteiger charge is 2.31. The zero-order chi connectivity index (χ0) is 18.4. The van der Waals surface area contributed by atoms with Gasteiger partial charge >= 0.3 is 0 Å². The predicted octanol–water partition coefficient (Wildman–Crippen LogP) is 6.24. The zero-order valence-corrected chi connectivity index (χ0v) is 16.0. The van der Waals surface area contributed by atoms with Crippen LogP contribution in [-0.4, -0.2) is 10.1 Å². The van der Waals surface area contributed by atoms with E-state index < -0.39 is 6.10 Å². The molecule has 0 fully saturated rings. The topological polar surface area (TPSA) is 33.1 Å². The maximum Gasteiger partial charge on any atom is 0.107 e. The molecule has 0 bridgehead atoms. The average molecular weight is 414 g/mol. The van der Waals surface area contributed by atoms with E-state index in [9.17, 15) is 5.11 Å². The Morgan fingerprint density at radius 1 is 0.741 bits per heavy atom. The highest BCUT2D eigenvalue weighted by atomic mass is 79.9. The van der Waals surface area contributed by atoms with E-state index in [4.69, 9.17) is 4.98 Å². The number of rotatable bonds is 2. The van der Waals surface area contributed by atoms with Crippen LogP contribution < -0.4 is 0 Å². The van der Waals surface area contributed by atoms with Crippen LogP contribution in [0.3, 0.4) is 0 Å². The summed E-state index contributed by atoms with van der Waals surface area (Å²) in [6.45, 7) is 0. The van der Waals surface area contributed by atoms with Crippen LogP contribution in [0.1, 0.15) is 17.2 Å². The van der Waals surface area contributed by atoms with E-state index in [2.05, 4.69) is 46.3 Å². The minimum Gasteiger partial charge on any atom is -0.384 e. The van der Waals surface area contributed by atoms with Gasteiger partial charge in [0, 0.05) is 21.2 Å². The minimum atomic E-state index is -0.657. The Morgan fingerprint density at radius 2 is 1.48 bits per heavy atom. The number of nitrogens with zero attached hydrogens (tertiary/aromatic N) is 1. The lowest BCUT2D eigenvalue weighted by Crippen LogP contribution is -1.99. The van der Waals surface area contributed by atoms with Crippen LogP contribution in [-0.2, 0) is 0 Å². The second-order valence-electron chi connectivity index (χ2n) is 6.68. The van der Waals surface area contributed by atoms with Crippen molar-refractivity contribution in [3.05, 3.63) is 101 Å². The van der Waals surface area contributed by atoms with Crippen molar-refractivity contribution in [3.8, 4) is 33.6 Å². The minimum absolute atomic E-state index is 0.657. The Labute approximate surface area is 166 Å². The van der Waals surface area contributed by atoms with Crippen LogP contribution >= 0.6 is 15.9 Å². The Balaban J connectivity index is 1.83. The summed E-state index contributed by atoms with van der Waals surface area (Å²) in [6.07, 6.45) is -0.657. The van der Waals surface area contributed by atoms with E-state index in [0.717, 1.165) is 49.2 Å². The molecule has 1 heterocycles. The Kier molecular flexibility index (Phi) is 3.92. The molecule has 1 N–H and O–H groups in total. The number of aliphatic hydroxyl groups is 1. The third kappa shape index (κ3) is 2.71. The third-order valence-corrected chi connectivity index (χ3v) is 5.54. The van der Waals surface area contributed by atoms with Crippen molar-refractivity contribution in [3.63, 3.8) is 0 Å². The number of aromatic nitrogens is 1. The number of aliphatic hydroxyl groups excluding tert-OH is 1. The van der Waals surface area contributed by atoms with Gasteiger partial charge in [0.05, 0.1) is 11.4 Å². The summed E-state index contributed by atoms with van der Waals surface area (Å²) in [4.78, 5) is 4.96. The third-order valence-electron chi connectivity index (χ3n) is 5.05. The highest BCUT2D eigenvalue weighted by molar-refractivity contribution is 9.10. The molecule has 0 spiro atoms. The lowest BCUT2D eigenvalue weighted by atomic mass is 9.95. The molecule has 1 unspecified atom stereocenters. The van der Waals surface area contributed by atoms with E-state index in [-0.39, 0.29) is 0 Å². The van der Waals surface area contributed by atoms with E-state index in [1.165, 1.54) is 0 Å². The number of pyridine rings is 1.